The summed E-state index contributed by atoms with van der Waals surface area (Å²) in [6.07, 6.45) is -0.254. The number of hydrogen-bond acceptors (Lipinski definition) is 5. The molecule has 1 aromatic heterocycles. The molecule has 1 aromatic carbocycles. The number of H-pyrrole nitrogens is 1. The molecule has 0 aliphatic carbocycles. The fraction of sp³-hybridized carbons (Fsp3) is 0.389. The normalized spacial score (nSPS) is 14.4. The fourth-order valence-corrected chi connectivity index (χ4v) is 4.31. The van der Waals surface area contributed by atoms with Crippen molar-refractivity contribution in [2.24, 2.45) is 0 Å². The molecule has 2 aromatic rings. The van der Waals surface area contributed by atoms with Crippen molar-refractivity contribution < 1.29 is 9.90 Å². The summed E-state index contributed by atoms with van der Waals surface area (Å²) < 4.78 is 1.46. The Kier molecular flexibility index (Phi) is 6.87. The van der Waals surface area contributed by atoms with Crippen LogP contribution in [0, 0.1) is 0 Å². The molecule has 0 bridgehead atoms. The van der Waals surface area contributed by atoms with E-state index < -0.39 is 11.8 Å². The van der Waals surface area contributed by atoms with Crippen LogP contribution < -0.4 is 16.6 Å². The number of nitrogens with zero attached hydrogens (tertiary/aromatic N) is 1. The van der Waals surface area contributed by atoms with Crippen molar-refractivity contribution in [1.82, 2.24) is 14.9 Å². The van der Waals surface area contributed by atoms with Crippen LogP contribution in [0.15, 0.2) is 27.8 Å². The van der Waals surface area contributed by atoms with Crippen LogP contribution in [-0.4, -0.2) is 32.9 Å². The van der Waals surface area contributed by atoms with Gasteiger partial charge in [0.15, 0.2) is 0 Å². The number of aliphatic hydroxyl groups is 1. The van der Waals surface area contributed by atoms with Crippen LogP contribution in [0.4, 0.5) is 0 Å². The molecule has 3 rings (SSSR count). The van der Waals surface area contributed by atoms with Crippen LogP contribution in [0.5, 0.6) is 0 Å². The van der Waals surface area contributed by atoms with Crippen molar-refractivity contribution >= 4 is 40.9 Å². The van der Waals surface area contributed by atoms with Gasteiger partial charge in [0.1, 0.15) is 0 Å². The highest BCUT2D eigenvalue weighted by Gasteiger charge is 2.19. The van der Waals surface area contributed by atoms with E-state index in [1.807, 2.05) is 0 Å². The molecule has 7 nitrogen and oxygen atoms in total. The molecule has 150 valence electrons. The van der Waals surface area contributed by atoms with Gasteiger partial charge in [-0.15, -0.1) is 0 Å². The predicted octanol–water partition coefficient (Wildman–Crippen LogP) is 1.87. The molecule has 1 atom stereocenters. The van der Waals surface area contributed by atoms with E-state index in [9.17, 15) is 19.5 Å². The van der Waals surface area contributed by atoms with Crippen LogP contribution in [0.25, 0.3) is 0 Å². The zero-order chi connectivity index (χ0) is 20.3. The van der Waals surface area contributed by atoms with Gasteiger partial charge in [0, 0.05) is 36.5 Å². The third-order valence-electron chi connectivity index (χ3n) is 4.53. The molecule has 0 spiro atoms. The molecular weight excluding hydrogens is 425 g/mol. The molecule has 28 heavy (non-hydrogen) atoms. The highest BCUT2D eigenvalue weighted by atomic mass is 35.5. The number of aliphatic hydroxyl groups excluding tert-OH is 1. The summed E-state index contributed by atoms with van der Waals surface area (Å²) in [5.74, 6) is 1.08. The van der Waals surface area contributed by atoms with Crippen molar-refractivity contribution in [3.8, 4) is 0 Å². The molecule has 0 fully saturated rings. The van der Waals surface area contributed by atoms with Gasteiger partial charge in [0.05, 0.1) is 16.1 Å². The van der Waals surface area contributed by atoms with Crippen molar-refractivity contribution in [2.45, 2.75) is 31.2 Å². The zero-order valence-electron chi connectivity index (χ0n) is 14.8. The number of benzene rings is 1. The smallest absolute Gasteiger partial charge is 0.328 e. The highest BCUT2D eigenvalue weighted by Crippen LogP contribution is 2.25. The molecule has 1 aliphatic rings. The second-order valence-electron chi connectivity index (χ2n) is 6.38. The van der Waals surface area contributed by atoms with E-state index in [0.717, 1.165) is 5.75 Å². The van der Waals surface area contributed by atoms with Gasteiger partial charge < -0.3 is 10.4 Å². The molecule has 10 heteroatoms. The van der Waals surface area contributed by atoms with E-state index >= 15 is 0 Å². The van der Waals surface area contributed by atoms with Gasteiger partial charge in [-0.1, -0.05) is 29.3 Å². The van der Waals surface area contributed by atoms with Crippen LogP contribution in [0.1, 0.15) is 29.3 Å². The van der Waals surface area contributed by atoms with E-state index in [2.05, 4.69) is 10.3 Å². The fourth-order valence-electron chi connectivity index (χ4n) is 3.02. The number of carbonyl (C=O) groups excluding carboxylic acids is 1. The molecule has 1 unspecified atom stereocenters. The number of carbonyl (C=O) groups is 1. The Morgan fingerprint density at radius 3 is 2.86 bits per heavy atom. The maximum Gasteiger partial charge on any atom is 0.328 e. The summed E-state index contributed by atoms with van der Waals surface area (Å²) in [6.45, 7) is 0.170. The molecule has 0 radical (unpaired) electrons. The molecule has 0 saturated heterocycles. The monoisotopic (exact) mass is 443 g/mol. The SMILES string of the molecule is O=C(CCn1c2c(c(=O)[nH]c1=O)CSCC2)NCC(O)c1ccc(Cl)c(Cl)c1. The van der Waals surface area contributed by atoms with Crippen LogP contribution >= 0.6 is 35.0 Å². The molecular formula is C18H19Cl2N3O4S. The largest absolute Gasteiger partial charge is 0.387 e. The first-order valence-corrected chi connectivity index (χ1v) is 10.6. The second kappa shape index (κ2) is 9.17. The number of amides is 1. The minimum atomic E-state index is -0.931. The lowest BCUT2D eigenvalue weighted by atomic mass is 10.1. The Labute approximate surface area is 175 Å². The topological polar surface area (TPSA) is 104 Å². The number of fused-ring (bicyclic) bond motifs is 1. The first-order chi connectivity index (χ1) is 13.4. The number of nitrogens with one attached hydrogen (secondary N) is 2. The summed E-state index contributed by atoms with van der Waals surface area (Å²) in [7, 11) is 0. The summed E-state index contributed by atoms with van der Waals surface area (Å²) >= 11 is 13.4. The van der Waals surface area contributed by atoms with Gasteiger partial charge in [0.25, 0.3) is 5.56 Å². The lowest BCUT2D eigenvalue weighted by Crippen LogP contribution is -2.38. The summed E-state index contributed by atoms with van der Waals surface area (Å²) in [5, 5.41) is 13.5. The van der Waals surface area contributed by atoms with Gasteiger partial charge in [-0.25, -0.2) is 4.79 Å². The van der Waals surface area contributed by atoms with Crippen LogP contribution in [0.3, 0.4) is 0 Å². The van der Waals surface area contributed by atoms with Gasteiger partial charge in [0.2, 0.25) is 5.91 Å². The van der Waals surface area contributed by atoms with Gasteiger partial charge in [-0.3, -0.25) is 19.1 Å². The Hall–Kier alpha value is -1.74. The first-order valence-electron chi connectivity index (χ1n) is 8.69. The number of halogens is 2. The van der Waals surface area contributed by atoms with E-state index in [4.69, 9.17) is 23.2 Å². The van der Waals surface area contributed by atoms with Crippen LogP contribution in [0.2, 0.25) is 10.0 Å². The summed E-state index contributed by atoms with van der Waals surface area (Å²) in [5.41, 5.74) is 0.998. The Morgan fingerprint density at radius 1 is 1.32 bits per heavy atom. The maximum atomic E-state index is 12.2. The van der Waals surface area contributed by atoms with E-state index in [1.165, 1.54) is 4.57 Å². The van der Waals surface area contributed by atoms with E-state index in [0.29, 0.717) is 39.0 Å². The summed E-state index contributed by atoms with van der Waals surface area (Å²) in [4.78, 5) is 38.5. The zero-order valence-corrected chi connectivity index (χ0v) is 17.2. The summed E-state index contributed by atoms with van der Waals surface area (Å²) in [6, 6.07) is 4.76. The van der Waals surface area contributed by atoms with Crippen LogP contribution in [-0.2, 0) is 23.5 Å². The van der Waals surface area contributed by atoms with Crippen molar-refractivity contribution in [2.75, 3.05) is 12.3 Å². The van der Waals surface area contributed by atoms with Crippen molar-refractivity contribution in [3.63, 3.8) is 0 Å². The Morgan fingerprint density at radius 2 is 2.11 bits per heavy atom. The van der Waals surface area contributed by atoms with Gasteiger partial charge >= 0.3 is 5.69 Å². The quantitative estimate of drug-likeness (QED) is 0.631. The third-order valence-corrected chi connectivity index (χ3v) is 6.25. The third kappa shape index (κ3) is 4.81. The number of rotatable bonds is 6. The van der Waals surface area contributed by atoms with Crippen molar-refractivity contribution in [1.29, 1.82) is 0 Å². The Bertz CT molecular complexity index is 1010. The first kappa shape index (κ1) is 21.0. The minimum Gasteiger partial charge on any atom is -0.387 e. The molecule has 3 N–H and O–H groups in total. The molecule has 1 aliphatic heterocycles. The lowest BCUT2D eigenvalue weighted by molar-refractivity contribution is -0.121. The molecule has 0 saturated carbocycles. The number of aromatic amines is 1. The van der Waals surface area contributed by atoms with E-state index in [-0.39, 0.29) is 31.0 Å². The number of hydrogen-bond donors (Lipinski definition) is 3. The number of thioether (sulfide) groups is 1. The van der Waals surface area contributed by atoms with Gasteiger partial charge in [-0.2, -0.15) is 11.8 Å². The standard InChI is InChI=1S/C18H19Cl2N3O4S/c19-12-2-1-10(7-13(12)20)15(24)8-21-16(25)3-5-23-14-4-6-28-9-11(14)17(26)22-18(23)27/h1-2,7,15,24H,3-6,8-9H2,(H,21,25)(H,22,26,27). The average Bonchev–Trinajstić information content (AvgIpc) is 2.68. The number of aromatic nitrogens is 2. The lowest BCUT2D eigenvalue weighted by Gasteiger charge is -2.19. The Balaban J connectivity index is 1.60. The minimum absolute atomic E-state index is 0.00602. The van der Waals surface area contributed by atoms with Crippen molar-refractivity contribution in [3.05, 3.63) is 65.9 Å². The predicted molar refractivity (Wildman–Crippen MR) is 110 cm³/mol. The average molecular weight is 444 g/mol. The molecule has 1 amide bonds. The van der Waals surface area contributed by atoms with Gasteiger partial charge in [-0.05, 0) is 29.9 Å². The second-order valence-corrected chi connectivity index (χ2v) is 8.30. The molecule has 2 heterocycles. The van der Waals surface area contributed by atoms with E-state index in [1.54, 1.807) is 30.0 Å². The maximum absolute atomic E-state index is 12.2. The highest BCUT2D eigenvalue weighted by molar-refractivity contribution is 7.98.